The monoisotopic (exact) mass is 200 g/mol. The van der Waals surface area contributed by atoms with Crippen molar-refractivity contribution in [3.05, 3.63) is 0 Å². The number of hydrogen-bond donors (Lipinski definition) is 0. The molecule has 0 aromatic rings. The Bertz CT molecular complexity index is 96.2. The van der Waals surface area contributed by atoms with Crippen LogP contribution < -0.4 is 0 Å². The molecule has 0 spiro atoms. The first-order valence-electron chi connectivity index (χ1n) is 6.61. The zero-order valence-corrected chi connectivity index (χ0v) is 11.6. The average molecular weight is 200 g/mol. The van der Waals surface area contributed by atoms with Gasteiger partial charge in [-0.3, -0.25) is 0 Å². The summed E-state index contributed by atoms with van der Waals surface area (Å²) in [6.07, 6.45) is 5.51. The molecule has 3 atom stereocenters. The third-order valence-corrected chi connectivity index (χ3v) is 3.43. The second-order valence-corrected chi connectivity index (χ2v) is 4.45. The summed E-state index contributed by atoms with van der Waals surface area (Å²) in [7, 11) is 0. The van der Waals surface area contributed by atoms with E-state index >= 15 is 0 Å². The fraction of sp³-hybridized carbons (Fsp3) is 1.00. The van der Waals surface area contributed by atoms with Crippen LogP contribution in [0.2, 0.25) is 0 Å². The predicted octanol–water partition coefficient (Wildman–Crippen LogP) is 5.52. The highest BCUT2D eigenvalue weighted by molar-refractivity contribution is 4.62. The Labute approximate surface area is 92.5 Å². The van der Waals surface area contributed by atoms with Gasteiger partial charge in [0.1, 0.15) is 0 Å². The first-order chi connectivity index (χ1) is 6.61. The topological polar surface area (TPSA) is 0 Å². The Morgan fingerprint density at radius 1 is 0.714 bits per heavy atom. The third kappa shape index (κ3) is 8.59. The smallest absolute Gasteiger partial charge is 0.0417 e. The van der Waals surface area contributed by atoms with Crippen LogP contribution in [0.15, 0.2) is 0 Å². The molecule has 0 bridgehead atoms. The van der Waals surface area contributed by atoms with Crippen molar-refractivity contribution in [1.82, 2.24) is 0 Å². The van der Waals surface area contributed by atoms with Crippen molar-refractivity contribution >= 4 is 0 Å². The molecule has 0 fully saturated rings. The van der Waals surface area contributed by atoms with E-state index in [0.29, 0.717) is 0 Å². The molecule has 3 unspecified atom stereocenters. The van der Waals surface area contributed by atoms with Crippen molar-refractivity contribution in [2.24, 2.45) is 17.8 Å². The molecule has 0 heteroatoms. The molecule has 0 aliphatic rings. The van der Waals surface area contributed by atoms with Gasteiger partial charge in [-0.1, -0.05) is 74.1 Å². The van der Waals surface area contributed by atoms with E-state index in [4.69, 9.17) is 0 Å². The van der Waals surface area contributed by atoms with E-state index in [2.05, 4.69) is 34.6 Å². The summed E-state index contributed by atoms with van der Waals surface area (Å²) in [4.78, 5) is 0. The maximum absolute atomic E-state index is 2.40. The molecular weight excluding hydrogens is 168 g/mol. The summed E-state index contributed by atoms with van der Waals surface area (Å²) in [6, 6.07) is 0. The minimum absolute atomic E-state index is 0.911. The van der Waals surface area contributed by atoms with Crippen molar-refractivity contribution in [2.75, 3.05) is 0 Å². The second-order valence-electron chi connectivity index (χ2n) is 4.45. The van der Waals surface area contributed by atoms with Crippen molar-refractivity contribution < 1.29 is 0 Å². The van der Waals surface area contributed by atoms with Crippen LogP contribution in [0.25, 0.3) is 0 Å². The van der Waals surface area contributed by atoms with Gasteiger partial charge < -0.3 is 0 Å². The van der Waals surface area contributed by atoms with Crippen molar-refractivity contribution in [3.8, 4) is 0 Å². The molecule has 0 aliphatic carbocycles. The molecule has 0 saturated heterocycles. The highest BCUT2D eigenvalue weighted by Gasteiger charge is 2.10. The van der Waals surface area contributed by atoms with Crippen LogP contribution in [-0.2, 0) is 0 Å². The zero-order chi connectivity index (χ0) is 11.6. The van der Waals surface area contributed by atoms with Gasteiger partial charge in [-0.25, -0.2) is 0 Å². The molecule has 0 aliphatic heterocycles. The highest BCUT2D eigenvalue weighted by Crippen LogP contribution is 2.22. The van der Waals surface area contributed by atoms with Crippen LogP contribution in [-0.4, -0.2) is 0 Å². The van der Waals surface area contributed by atoms with Gasteiger partial charge in [0.2, 0.25) is 0 Å². The molecule has 0 aromatic heterocycles. The first-order valence-corrected chi connectivity index (χ1v) is 6.61. The van der Waals surface area contributed by atoms with Crippen molar-refractivity contribution in [2.45, 2.75) is 74.1 Å². The molecule has 14 heavy (non-hydrogen) atoms. The molecule has 0 aromatic carbocycles. The third-order valence-electron chi connectivity index (χ3n) is 3.43. The summed E-state index contributed by atoms with van der Waals surface area (Å²) in [5.41, 5.74) is 0. The Morgan fingerprint density at radius 3 is 1.57 bits per heavy atom. The molecule has 0 N–H and O–H groups in total. The standard InChI is InChI=1S/C12H26.C2H6/c1-6-10(3)8-9-12(5)11(4)7-2;1-2/h10-12H,6-9H2,1-5H3;1-2H3. The van der Waals surface area contributed by atoms with Crippen molar-refractivity contribution in [3.63, 3.8) is 0 Å². The van der Waals surface area contributed by atoms with E-state index in [9.17, 15) is 0 Å². The molecule has 0 radical (unpaired) electrons. The van der Waals surface area contributed by atoms with Crippen LogP contribution in [0.3, 0.4) is 0 Å². The maximum Gasteiger partial charge on any atom is -0.0417 e. The van der Waals surface area contributed by atoms with Gasteiger partial charge in [0, 0.05) is 0 Å². The quantitative estimate of drug-likeness (QED) is 0.529. The fourth-order valence-electron chi connectivity index (χ4n) is 1.44. The molecule has 0 rings (SSSR count). The molecule has 0 nitrogen and oxygen atoms in total. The predicted molar refractivity (Wildman–Crippen MR) is 68.7 cm³/mol. The maximum atomic E-state index is 2.40. The Balaban J connectivity index is 0. The van der Waals surface area contributed by atoms with Crippen LogP contribution in [0.5, 0.6) is 0 Å². The van der Waals surface area contributed by atoms with Crippen LogP contribution >= 0.6 is 0 Å². The average Bonchev–Trinajstić information content (AvgIpc) is 2.26. The van der Waals surface area contributed by atoms with Crippen LogP contribution in [0.1, 0.15) is 74.1 Å². The highest BCUT2D eigenvalue weighted by atomic mass is 14.2. The summed E-state index contributed by atoms with van der Waals surface area (Å²) >= 11 is 0. The Morgan fingerprint density at radius 2 is 1.21 bits per heavy atom. The lowest BCUT2D eigenvalue weighted by Gasteiger charge is -2.19. The second kappa shape index (κ2) is 11.1. The van der Waals surface area contributed by atoms with Gasteiger partial charge in [-0.15, -0.1) is 0 Å². The minimum Gasteiger partial charge on any atom is -0.0683 e. The van der Waals surface area contributed by atoms with Gasteiger partial charge in [-0.05, 0) is 17.8 Å². The van der Waals surface area contributed by atoms with Gasteiger partial charge in [-0.2, -0.15) is 0 Å². The normalized spacial score (nSPS) is 16.5. The van der Waals surface area contributed by atoms with Crippen LogP contribution in [0.4, 0.5) is 0 Å². The summed E-state index contributed by atoms with van der Waals surface area (Å²) in [5, 5.41) is 0. The zero-order valence-electron chi connectivity index (χ0n) is 11.6. The van der Waals surface area contributed by atoms with Gasteiger partial charge in [0.05, 0.1) is 0 Å². The molecule has 88 valence electrons. The van der Waals surface area contributed by atoms with E-state index in [0.717, 1.165) is 17.8 Å². The fourth-order valence-corrected chi connectivity index (χ4v) is 1.44. The summed E-state index contributed by atoms with van der Waals surface area (Å²) in [6.45, 7) is 15.7. The molecule has 0 saturated carbocycles. The largest absolute Gasteiger partial charge is 0.0683 e. The van der Waals surface area contributed by atoms with E-state index in [-0.39, 0.29) is 0 Å². The lowest BCUT2D eigenvalue weighted by molar-refractivity contribution is 0.322. The number of hydrogen-bond acceptors (Lipinski definition) is 0. The summed E-state index contributed by atoms with van der Waals surface area (Å²) in [5.74, 6) is 2.76. The lowest BCUT2D eigenvalue weighted by atomic mass is 9.87. The van der Waals surface area contributed by atoms with Crippen molar-refractivity contribution in [1.29, 1.82) is 0 Å². The number of rotatable bonds is 6. The first kappa shape index (κ1) is 16.4. The van der Waals surface area contributed by atoms with E-state index in [1.54, 1.807) is 0 Å². The molecule has 0 heterocycles. The molecule has 0 amide bonds. The van der Waals surface area contributed by atoms with Gasteiger partial charge in [0.15, 0.2) is 0 Å². The van der Waals surface area contributed by atoms with E-state index in [1.165, 1.54) is 25.7 Å². The minimum atomic E-state index is 0.911. The summed E-state index contributed by atoms with van der Waals surface area (Å²) < 4.78 is 0. The Kier molecular flexibility index (Phi) is 13.0. The van der Waals surface area contributed by atoms with E-state index < -0.39 is 0 Å². The van der Waals surface area contributed by atoms with Gasteiger partial charge in [0.25, 0.3) is 0 Å². The van der Waals surface area contributed by atoms with Gasteiger partial charge >= 0.3 is 0 Å². The molecular formula is C14H32. The SMILES string of the molecule is CC.CCC(C)CCC(C)C(C)CC. The lowest BCUT2D eigenvalue weighted by Crippen LogP contribution is -2.08. The Hall–Kier alpha value is 0. The van der Waals surface area contributed by atoms with E-state index in [1.807, 2.05) is 13.8 Å². The van der Waals surface area contributed by atoms with Crippen LogP contribution in [0, 0.1) is 17.8 Å².